The maximum atomic E-state index is 14.2. The van der Waals surface area contributed by atoms with Gasteiger partial charge in [-0.15, -0.1) is 6.58 Å². The number of unbranched alkanes of at least 4 members (excludes halogenated alkanes) is 2. The molecule has 6 atom stereocenters. The van der Waals surface area contributed by atoms with Crippen LogP contribution < -0.4 is 14.8 Å². The molecule has 2 aromatic carbocycles. The highest BCUT2D eigenvalue weighted by molar-refractivity contribution is 6.03. The number of hydrogen-bond donors (Lipinski definition) is 3. The van der Waals surface area contributed by atoms with Gasteiger partial charge in [-0.3, -0.25) is 4.79 Å². The van der Waals surface area contributed by atoms with E-state index in [0.717, 1.165) is 54.5 Å². The van der Waals surface area contributed by atoms with E-state index in [-0.39, 0.29) is 43.5 Å². The van der Waals surface area contributed by atoms with Crippen LogP contribution in [-0.4, -0.2) is 78.1 Å². The van der Waals surface area contributed by atoms with Crippen LogP contribution in [0.4, 0.5) is 4.79 Å². The van der Waals surface area contributed by atoms with Crippen LogP contribution in [0.5, 0.6) is 11.5 Å². The Bertz CT molecular complexity index is 1710. The summed E-state index contributed by atoms with van der Waals surface area (Å²) in [6, 6.07) is 14.7. The molecular formula is C46H63N3O8. The molecule has 0 saturated heterocycles. The summed E-state index contributed by atoms with van der Waals surface area (Å²) in [5.74, 6) is -0.137. The van der Waals surface area contributed by atoms with Gasteiger partial charge in [0.25, 0.3) is 0 Å². The minimum atomic E-state index is -1.30. The van der Waals surface area contributed by atoms with Crippen LogP contribution in [0.1, 0.15) is 107 Å². The first-order valence-electron chi connectivity index (χ1n) is 21.3. The number of carbonyl (C=O) groups excluding carboxylic acids is 2. The van der Waals surface area contributed by atoms with E-state index in [4.69, 9.17) is 24.2 Å². The summed E-state index contributed by atoms with van der Waals surface area (Å²) >= 11 is 0. The molecule has 2 amide bonds. The van der Waals surface area contributed by atoms with Crippen LogP contribution in [-0.2, 0) is 20.9 Å². The van der Waals surface area contributed by atoms with Crippen molar-refractivity contribution >= 4 is 17.7 Å². The molecule has 11 heteroatoms. The Hall–Kier alpha value is -4.19. The second-order valence-electron chi connectivity index (χ2n) is 16.1. The highest BCUT2D eigenvalue weighted by atomic mass is 16.7. The number of benzene rings is 2. The number of fused-ring (bicyclic) bond motifs is 2. The molecule has 3 aliphatic carbocycles. The third-order valence-electron chi connectivity index (χ3n) is 12.5. The number of nitrogens with one attached hydrogen (secondary N) is 1. The number of carbonyl (C=O) groups is 2. The maximum absolute atomic E-state index is 14.2. The van der Waals surface area contributed by atoms with Crippen molar-refractivity contribution in [3.63, 3.8) is 0 Å². The molecule has 1 heterocycles. The Labute approximate surface area is 338 Å². The highest BCUT2D eigenvalue weighted by Crippen LogP contribution is 2.61. The molecule has 1 aliphatic heterocycles. The number of likely N-dealkylation sites (N-methyl/N-ethyl adjacent to an activating group) is 1. The molecule has 0 aromatic heterocycles. The van der Waals surface area contributed by atoms with Gasteiger partial charge in [-0.2, -0.15) is 0 Å². The summed E-state index contributed by atoms with van der Waals surface area (Å²) in [5, 5.41) is 27.3. The van der Waals surface area contributed by atoms with Gasteiger partial charge in [0.15, 0.2) is 0 Å². The van der Waals surface area contributed by atoms with Crippen LogP contribution in [0.25, 0.3) is 0 Å². The third-order valence-corrected chi connectivity index (χ3v) is 12.5. The molecule has 11 nitrogen and oxygen atoms in total. The van der Waals surface area contributed by atoms with E-state index in [1.807, 2.05) is 61.3 Å². The van der Waals surface area contributed by atoms with Crippen LogP contribution in [0.15, 0.2) is 78.0 Å². The summed E-state index contributed by atoms with van der Waals surface area (Å²) in [6.45, 7) is 7.04. The first-order chi connectivity index (χ1) is 27.8. The van der Waals surface area contributed by atoms with E-state index in [1.165, 1.54) is 25.7 Å². The minimum Gasteiger partial charge on any atom is -0.459 e. The molecule has 0 unspecified atom stereocenters. The predicted molar refractivity (Wildman–Crippen MR) is 220 cm³/mol. The number of ether oxygens (including phenoxy) is 3. The summed E-state index contributed by atoms with van der Waals surface area (Å²) in [7, 11) is 1.87. The second kappa shape index (κ2) is 20.5. The average molecular weight is 786 g/mol. The molecule has 2 fully saturated rings. The standard InChI is InChI=1S/C46H63N3O8/c1-4-27-54-46-41(49(3)42(52)24-21-32-15-9-10-16-32)30-39(48-55-5-2)37-28-34(19-11-13-25-50)36(20-12-14-26-51)43(44(37)46)38-29-35(22-23-40(38)57-46)56-45(53)47-31-33-17-7-6-8-18-33/h4,6-8,17-18,22-23,28-29,32,34,36,41,43-44,50-51H,1,5,9-16,19-21,24-27,30-31H2,2-3H3,(H,47,53)/t34-,36+,41-,43+,44+,46+/m0/s1. The number of aliphatic hydroxyl groups is 2. The lowest BCUT2D eigenvalue weighted by Crippen LogP contribution is -2.69. The molecule has 2 aromatic rings. The Morgan fingerprint density at radius 3 is 2.51 bits per heavy atom. The summed E-state index contributed by atoms with van der Waals surface area (Å²) in [6.07, 6.45) is 14.6. The fourth-order valence-electron chi connectivity index (χ4n) is 9.82. The fourth-order valence-corrected chi connectivity index (χ4v) is 9.82. The van der Waals surface area contributed by atoms with Crippen molar-refractivity contribution in [3.8, 4) is 11.5 Å². The van der Waals surface area contributed by atoms with Crippen molar-refractivity contribution in [2.24, 2.45) is 28.8 Å². The maximum Gasteiger partial charge on any atom is 0.412 e. The van der Waals surface area contributed by atoms with Gasteiger partial charge >= 0.3 is 6.09 Å². The molecule has 4 aliphatic rings. The summed E-state index contributed by atoms with van der Waals surface area (Å²) < 4.78 is 20.1. The van der Waals surface area contributed by atoms with Crippen LogP contribution in [0.2, 0.25) is 0 Å². The van der Waals surface area contributed by atoms with Gasteiger partial charge in [-0.05, 0) is 86.1 Å². The van der Waals surface area contributed by atoms with Crippen molar-refractivity contribution in [2.75, 3.05) is 33.5 Å². The summed E-state index contributed by atoms with van der Waals surface area (Å²) in [4.78, 5) is 35.0. The average Bonchev–Trinajstić information content (AvgIpc) is 3.76. The molecule has 2 saturated carbocycles. The molecule has 0 spiro atoms. The number of oxime groups is 1. The number of hydrogen-bond acceptors (Lipinski definition) is 9. The zero-order valence-electron chi connectivity index (χ0n) is 33.9. The number of aliphatic hydroxyl groups excluding tert-OH is 2. The van der Waals surface area contributed by atoms with Gasteiger partial charge in [0, 0.05) is 51.1 Å². The van der Waals surface area contributed by atoms with Gasteiger partial charge in [0.2, 0.25) is 11.7 Å². The van der Waals surface area contributed by atoms with Crippen molar-refractivity contribution < 1.29 is 38.9 Å². The largest absolute Gasteiger partial charge is 0.459 e. The molecule has 310 valence electrons. The van der Waals surface area contributed by atoms with Gasteiger partial charge < -0.3 is 39.5 Å². The summed E-state index contributed by atoms with van der Waals surface area (Å²) in [5.41, 5.74) is 3.60. The van der Waals surface area contributed by atoms with Gasteiger partial charge in [-0.1, -0.05) is 86.2 Å². The normalized spacial score (nSPS) is 25.8. The van der Waals surface area contributed by atoms with E-state index in [2.05, 4.69) is 18.0 Å². The zero-order valence-corrected chi connectivity index (χ0v) is 33.9. The third kappa shape index (κ3) is 9.92. The number of allylic oxidation sites excluding steroid dienone is 1. The topological polar surface area (TPSA) is 139 Å². The zero-order chi connectivity index (χ0) is 40.2. The van der Waals surface area contributed by atoms with Crippen molar-refractivity contribution in [1.29, 1.82) is 0 Å². The highest BCUT2D eigenvalue weighted by Gasteiger charge is 2.65. The van der Waals surface area contributed by atoms with Gasteiger partial charge in [0.1, 0.15) is 24.1 Å². The lowest BCUT2D eigenvalue weighted by Gasteiger charge is -2.59. The van der Waals surface area contributed by atoms with Crippen LogP contribution in [0, 0.1) is 23.7 Å². The van der Waals surface area contributed by atoms with E-state index in [1.54, 1.807) is 12.1 Å². The second-order valence-corrected chi connectivity index (χ2v) is 16.1. The monoisotopic (exact) mass is 785 g/mol. The lowest BCUT2D eigenvalue weighted by atomic mass is 9.55. The number of nitrogens with zero attached hydrogens (tertiary/aromatic N) is 2. The molecule has 0 radical (unpaired) electrons. The first kappa shape index (κ1) is 42.4. The molecule has 57 heavy (non-hydrogen) atoms. The smallest absolute Gasteiger partial charge is 0.412 e. The Kier molecular flexibility index (Phi) is 15.2. The van der Waals surface area contributed by atoms with Crippen LogP contribution >= 0.6 is 0 Å². The predicted octanol–water partition coefficient (Wildman–Crippen LogP) is 8.06. The molecule has 0 bridgehead atoms. The Morgan fingerprint density at radius 1 is 1.04 bits per heavy atom. The Balaban J connectivity index is 1.45. The van der Waals surface area contributed by atoms with E-state index < -0.39 is 23.8 Å². The quantitative estimate of drug-likeness (QED) is 0.0697. The van der Waals surface area contributed by atoms with E-state index in [9.17, 15) is 19.8 Å². The SMILES string of the molecule is C=CCO[C@@]12Oc3ccc(OC(=O)NCc4ccccc4)cc3[C@H]3[C@H](CCCCO)[C@@H](CCCCO)C=C(C(=NOCC)C[C@@H]1N(C)C(=O)CCC1CCCC1)[C@H]32. The molecular weight excluding hydrogens is 723 g/mol. The number of rotatable bonds is 20. The van der Waals surface area contributed by atoms with E-state index >= 15 is 0 Å². The van der Waals surface area contributed by atoms with Crippen molar-refractivity contribution in [2.45, 2.75) is 115 Å². The van der Waals surface area contributed by atoms with Crippen molar-refractivity contribution in [1.82, 2.24) is 10.2 Å². The first-order valence-corrected chi connectivity index (χ1v) is 21.3. The van der Waals surface area contributed by atoms with E-state index in [0.29, 0.717) is 56.3 Å². The minimum absolute atomic E-state index is 0.0464. The van der Waals surface area contributed by atoms with Gasteiger partial charge in [0.05, 0.1) is 18.2 Å². The van der Waals surface area contributed by atoms with Crippen molar-refractivity contribution in [3.05, 3.63) is 84.0 Å². The molecule has 3 N–H and O–H groups in total. The Morgan fingerprint density at radius 2 is 1.79 bits per heavy atom. The lowest BCUT2D eigenvalue weighted by molar-refractivity contribution is -0.255. The number of amides is 2. The fraction of sp³-hybridized carbons (Fsp3) is 0.587. The molecule has 6 rings (SSSR count). The van der Waals surface area contributed by atoms with Crippen LogP contribution in [0.3, 0.4) is 0 Å². The van der Waals surface area contributed by atoms with Gasteiger partial charge in [-0.25, -0.2) is 4.79 Å².